The van der Waals surface area contributed by atoms with Crippen molar-refractivity contribution >= 4 is 27.5 Å². The first-order valence-electron chi connectivity index (χ1n) is 6.29. The van der Waals surface area contributed by atoms with Gasteiger partial charge in [0, 0.05) is 12.6 Å². The van der Waals surface area contributed by atoms with Crippen molar-refractivity contribution in [1.29, 1.82) is 0 Å². The number of hydrogen-bond donors (Lipinski definition) is 2. The first kappa shape index (κ1) is 15.5. The van der Waals surface area contributed by atoms with Crippen LogP contribution in [0.3, 0.4) is 0 Å². The maximum absolute atomic E-state index is 13.1. The molecule has 1 aliphatic rings. The summed E-state index contributed by atoms with van der Waals surface area (Å²) in [5, 5.41) is 9.12. The molecular formula is C12H16ClFN2O3S. The molecule has 0 bridgehead atoms. The van der Waals surface area contributed by atoms with Crippen LogP contribution in [0.5, 0.6) is 0 Å². The zero-order valence-electron chi connectivity index (χ0n) is 10.7. The van der Waals surface area contributed by atoms with Gasteiger partial charge >= 0.3 is 10.2 Å². The minimum atomic E-state index is -3.79. The number of anilines is 1. The van der Waals surface area contributed by atoms with Crippen LogP contribution in [0, 0.1) is 5.82 Å². The van der Waals surface area contributed by atoms with Crippen molar-refractivity contribution in [2.45, 2.75) is 25.3 Å². The SMILES string of the molecule is O=S(=O)(Nc1ccc(F)c(Cl)c1)N1CCCCC1CO. The van der Waals surface area contributed by atoms with Crippen LogP contribution in [-0.2, 0) is 10.2 Å². The van der Waals surface area contributed by atoms with Crippen molar-refractivity contribution in [3.63, 3.8) is 0 Å². The Hall–Kier alpha value is -0.890. The van der Waals surface area contributed by atoms with Gasteiger partial charge in [-0.2, -0.15) is 12.7 Å². The standard InChI is InChI=1S/C12H16ClFN2O3S/c13-11-7-9(4-5-12(11)14)15-20(18,19)16-6-2-1-3-10(16)8-17/h4-5,7,10,15,17H,1-3,6,8H2. The van der Waals surface area contributed by atoms with Crippen LogP contribution in [0.2, 0.25) is 5.02 Å². The van der Waals surface area contributed by atoms with Gasteiger partial charge in [-0.3, -0.25) is 4.72 Å². The Balaban J connectivity index is 2.19. The summed E-state index contributed by atoms with van der Waals surface area (Å²) >= 11 is 5.62. The summed E-state index contributed by atoms with van der Waals surface area (Å²) in [7, 11) is -3.79. The molecule has 0 aromatic heterocycles. The molecule has 2 rings (SSSR count). The molecule has 1 unspecified atom stereocenters. The predicted molar refractivity (Wildman–Crippen MR) is 75.4 cm³/mol. The van der Waals surface area contributed by atoms with Gasteiger partial charge in [-0.15, -0.1) is 0 Å². The molecule has 20 heavy (non-hydrogen) atoms. The summed E-state index contributed by atoms with van der Waals surface area (Å²) < 4.78 is 41.2. The zero-order valence-corrected chi connectivity index (χ0v) is 12.3. The third kappa shape index (κ3) is 3.41. The van der Waals surface area contributed by atoms with Gasteiger partial charge in [0.2, 0.25) is 0 Å². The highest BCUT2D eigenvalue weighted by Gasteiger charge is 2.31. The number of piperidine rings is 1. The van der Waals surface area contributed by atoms with E-state index in [1.54, 1.807) is 0 Å². The van der Waals surface area contributed by atoms with E-state index in [0.29, 0.717) is 13.0 Å². The van der Waals surface area contributed by atoms with E-state index in [9.17, 15) is 17.9 Å². The average Bonchev–Trinajstić information content (AvgIpc) is 2.42. The normalized spacial score (nSPS) is 20.9. The van der Waals surface area contributed by atoms with Crippen LogP contribution in [0.25, 0.3) is 0 Å². The highest BCUT2D eigenvalue weighted by molar-refractivity contribution is 7.90. The van der Waals surface area contributed by atoms with E-state index in [2.05, 4.69) is 4.72 Å². The topological polar surface area (TPSA) is 69.6 Å². The van der Waals surface area contributed by atoms with Gasteiger partial charge in [0.15, 0.2) is 0 Å². The van der Waals surface area contributed by atoms with Crippen molar-refractivity contribution in [3.8, 4) is 0 Å². The van der Waals surface area contributed by atoms with E-state index in [1.165, 1.54) is 16.4 Å². The fourth-order valence-corrected chi connectivity index (χ4v) is 3.90. The van der Waals surface area contributed by atoms with Crippen LogP contribution < -0.4 is 4.72 Å². The highest BCUT2D eigenvalue weighted by atomic mass is 35.5. The lowest BCUT2D eigenvalue weighted by atomic mass is 10.1. The fraction of sp³-hybridized carbons (Fsp3) is 0.500. The third-order valence-electron chi connectivity index (χ3n) is 3.26. The fourth-order valence-electron chi connectivity index (χ4n) is 2.24. The Morgan fingerprint density at radius 3 is 2.85 bits per heavy atom. The highest BCUT2D eigenvalue weighted by Crippen LogP contribution is 2.24. The van der Waals surface area contributed by atoms with Crippen LogP contribution in [0.4, 0.5) is 10.1 Å². The molecule has 0 spiro atoms. The quantitative estimate of drug-likeness (QED) is 0.890. The zero-order chi connectivity index (χ0) is 14.8. The van der Waals surface area contributed by atoms with Gasteiger partial charge in [-0.05, 0) is 31.0 Å². The Kier molecular flexibility index (Phi) is 4.85. The predicted octanol–water partition coefficient (Wildman–Crippen LogP) is 1.98. The minimum absolute atomic E-state index is 0.150. The van der Waals surface area contributed by atoms with E-state index < -0.39 is 22.1 Å². The monoisotopic (exact) mass is 322 g/mol. The second-order valence-electron chi connectivity index (χ2n) is 4.68. The van der Waals surface area contributed by atoms with Crippen LogP contribution in [-0.4, -0.2) is 37.0 Å². The molecule has 5 nitrogen and oxygen atoms in total. The molecule has 1 saturated heterocycles. The summed E-state index contributed by atoms with van der Waals surface area (Å²) in [5.74, 6) is -0.610. The van der Waals surface area contributed by atoms with Gasteiger partial charge in [0.1, 0.15) is 5.82 Å². The minimum Gasteiger partial charge on any atom is -0.395 e. The van der Waals surface area contributed by atoms with Crippen molar-refractivity contribution in [2.24, 2.45) is 0 Å². The molecule has 0 radical (unpaired) electrons. The summed E-state index contributed by atoms with van der Waals surface area (Å²) in [6.07, 6.45) is 2.27. The smallest absolute Gasteiger partial charge is 0.301 e. The lowest BCUT2D eigenvalue weighted by Crippen LogP contribution is -2.47. The Morgan fingerprint density at radius 2 is 2.20 bits per heavy atom. The Bertz CT molecular complexity index is 582. The summed E-state index contributed by atoms with van der Waals surface area (Å²) in [4.78, 5) is 0. The molecule has 112 valence electrons. The Morgan fingerprint density at radius 1 is 1.45 bits per heavy atom. The van der Waals surface area contributed by atoms with Gasteiger partial charge < -0.3 is 5.11 Å². The Labute approximate surface area is 122 Å². The third-order valence-corrected chi connectivity index (χ3v) is 5.14. The van der Waals surface area contributed by atoms with Crippen LogP contribution in [0.15, 0.2) is 18.2 Å². The maximum atomic E-state index is 13.1. The molecular weight excluding hydrogens is 307 g/mol. The molecule has 1 aromatic rings. The molecule has 1 fully saturated rings. The number of rotatable bonds is 4. The van der Waals surface area contributed by atoms with Crippen molar-refractivity contribution in [3.05, 3.63) is 29.0 Å². The van der Waals surface area contributed by atoms with Crippen LogP contribution >= 0.6 is 11.6 Å². The molecule has 0 saturated carbocycles. The van der Waals surface area contributed by atoms with Crippen molar-refractivity contribution < 1.29 is 17.9 Å². The number of benzene rings is 1. The van der Waals surface area contributed by atoms with E-state index in [4.69, 9.17) is 11.6 Å². The summed E-state index contributed by atoms with van der Waals surface area (Å²) in [6.45, 7) is 0.139. The van der Waals surface area contributed by atoms with E-state index in [1.807, 2.05) is 0 Å². The second kappa shape index (κ2) is 6.26. The number of aliphatic hydroxyl groups is 1. The molecule has 0 aliphatic carbocycles. The van der Waals surface area contributed by atoms with Gasteiger partial charge in [-0.25, -0.2) is 4.39 Å². The molecule has 0 amide bonds. The number of nitrogens with one attached hydrogen (secondary N) is 1. The first-order chi connectivity index (χ1) is 9.44. The lowest BCUT2D eigenvalue weighted by Gasteiger charge is -2.33. The lowest BCUT2D eigenvalue weighted by molar-refractivity contribution is 0.156. The van der Waals surface area contributed by atoms with E-state index in [0.717, 1.165) is 18.9 Å². The summed E-state index contributed by atoms with van der Waals surface area (Å²) in [5.41, 5.74) is 0.193. The maximum Gasteiger partial charge on any atom is 0.301 e. The number of aliphatic hydroxyl groups excluding tert-OH is 1. The molecule has 2 N–H and O–H groups in total. The van der Waals surface area contributed by atoms with Gasteiger partial charge in [-0.1, -0.05) is 18.0 Å². The summed E-state index contributed by atoms with van der Waals surface area (Å²) in [6, 6.07) is 3.19. The molecule has 8 heteroatoms. The number of nitrogens with zero attached hydrogens (tertiary/aromatic N) is 1. The average molecular weight is 323 g/mol. The van der Waals surface area contributed by atoms with Crippen LogP contribution in [0.1, 0.15) is 19.3 Å². The van der Waals surface area contributed by atoms with Crippen molar-refractivity contribution in [1.82, 2.24) is 4.31 Å². The first-order valence-corrected chi connectivity index (χ1v) is 8.11. The van der Waals surface area contributed by atoms with Crippen molar-refractivity contribution in [2.75, 3.05) is 17.9 Å². The number of halogens is 2. The second-order valence-corrected chi connectivity index (χ2v) is 6.71. The van der Waals surface area contributed by atoms with Gasteiger partial charge in [0.25, 0.3) is 0 Å². The number of hydrogen-bond acceptors (Lipinski definition) is 3. The molecule has 1 heterocycles. The van der Waals surface area contributed by atoms with E-state index >= 15 is 0 Å². The largest absolute Gasteiger partial charge is 0.395 e. The van der Waals surface area contributed by atoms with Gasteiger partial charge in [0.05, 0.1) is 17.3 Å². The molecule has 1 aromatic carbocycles. The van der Waals surface area contributed by atoms with E-state index in [-0.39, 0.29) is 17.3 Å². The molecule has 1 atom stereocenters. The molecule has 1 aliphatic heterocycles.